The van der Waals surface area contributed by atoms with Crippen molar-refractivity contribution in [1.29, 1.82) is 0 Å². The SMILES string of the molecule is CC1(C)c2ccccc2N2CCOC21C=CC1=NN(c2ccccc2)C(c2ccccc2)C1. The lowest BCUT2D eigenvalue weighted by atomic mass is 9.77. The van der Waals surface area contributed by atoms with Crippen LogP contribution in [0.15, 0.2) is 102 Å². The Morgan fingerprint density at radius 3 is 2.39 bits per heavy atom. The van der Waals surface area contributed by atoms with Crippen molar-refractivity contribution in [2.75, 3.05) is 23.1 Å². The summed E-state index contributed by atoms with van der Waals surface area (Å²) in [5.41, 5.74) is 5.44. The standard InChI is InChI=1S/C29H29N3O/c1-28(2)25-15-9-10-16-26(25)31-19-20-33-29(28,31)18-17-23-21-27(22-11-5-3-6-12-22)32(30-23)24-13-7-4-8-14-24/h3-18,27H,19-21H2,1-2H3. The number of para-hydroxylation sites is 2. The maximum Gasteiger partial charge on any atom is 0.170 e. The largest absolute Gasteiger partial charge is 0.349 e. The number of rotatable bonds is 4. The Balaban J connectivity index is 1.37. The summed E-state index contributed by atoms with van der Waals surface area (Å²) in [7, 11) is 0. The van der Waals surface area contributed by atoms with Gasteiger partial charge in [0.05, 0.1) is 24.0 Å². The van der Waals surface area contributed by atoms with E-state index in [1.807, 2.05) is 6.07 Å². The minimum atomic E-state index is -0.485. The Kier molecular flexibility index (Phi) is 4.66. The van der Waals surface area contributed by atoms with Crippen molar-refractivity contribution in [3.63, 3.8) is 0 Å². The molecule has 3 aromatic carbocycles. The van der Waals surface area contributed by atoms with Gasteiger partial charge in [-0.2, -0.15) is 5.10 Å². The Hall–Kier alpha value is -3.37. The van der Waals surface area contributed by atoms with Crippen LogP contribution in [0.3, 0.4) is 0 Å². The summed E-state index contributed by atoms with van der Waals surface area (Å²) >= 11 is 0. The number of nitrogens with zero attached hydrogens (tertiary/aromatic N) is 3. The quantitative estimate of drug-likeness (QED) is 0.498. The summed E-state index contributed by atoms with van der Waals surface area (Å²) in [6.07, 6.45) is 5.32. The first-order valence-corrected chi connectivity index (χ1v) is 11.8. The molecule has 6 rings (SSSR count). The summed E-state index contributed by atoms with van der Waals surface area (Å²) in [5, 5.41) is 7.24. The molecule has 3 aromatic rings. The van der Waals surface area contributed by atoms with Gasteiger partial charge in [-0.05, 0) is 41.5 Å². The number of ether oxygens (including phenoxy) is 1. The van der Waals surface area contributed by atoms with E-state index in [9.17, 15) is 0 Å². The maximum absolute atomic E-state index is 6.52. The van der Waals surface area contributed by atoms with Gasteiger partial charge >= 0.3 is 0 Å². The van der Waals surface area contributed by atoms with Gasteiger partial charge in [-0.25, -0.2) is 0 Å². The first-order valence-electron chi connectivity index (χ1n) is 11.8. The lowest BCUT2D eigenvalue weighted by Gasteiger charge is -2.39. The van der Waals surface area contributed by atoms with Crippen LogP contribution in [0, 0.1) is 0 Å². The van der Waals surface area contributed by atoms with Crippen LogP contribution in [0.2, 0.25) is 0 Å². The predicted octanol–water partition coefficient (Wildman–Crippen LogP) is 6.07. The van der Waals surface area contributed by atoms with Gasteiger partial charge in [0.25, 0.3) is 0 Å². The molecule has 3 heterocycles. The van der Waals surface area contributed by atoms with Crippen LogP contribution in [-0.2, 0) is 10.2 Å². The summed E-state index contributed by atoms with van der Waals surface area (Å²) < 4.78 is 6.52. The molecule has 0 N–H and O–H groups in total. The molecule has 3 aliphatic heterocycles. The zero-order valence-corrected chi connectivity index (χ0v) is 19.2. The number of hydrogen-bond donors (Lipinski definition) is 0. The number of fused-ring (bicyclic) bond motifs is 3. The topological polar surface area (TPSA) is 28.1 Å². The predicted molar refractivity (Wildman–Crippen MR) is 135 cm³/mol. The van der Waals surface area contributed by atoms with Crippen molar-refractivity contribution >= 4 is 17.1 Å². The molecule has 3 aliphatic rings. The van der Waals surface area contributed by atoms with E-state index in [4.69, 9.17) is 9.84 Å². The zero-order valence-electron chi connectivity index (χ0n) is 19.2. The molecule has 0 spiro atoms. The molecule has 33 heavy (non-hydrogen) atoms. The highest BCUT2D eigenvalue weighted by Gasteiger charge is 2.59. The van der Waals surface area contributed by atoms with Gasteiger partial charge in [0.2, 0.25) is 0 Å². The van der Waals surface area contributed by atoms with Crippen molar-refractivity contribution in [2.24, 2.45) is 5.10 Å². The Bertz CT molecular complexity index is 1220. The van der Waals surface area contributed by atoms with Crippen LogP contribution in [0.4, 0.5) is 11.4 Å². The first kappa shape index (κ1) is 20.3. The van der Waals surface area contributed by atoms with Crippen molar-refractivity contribution in [1.82, 2.24) is 0 Å². The van der Waals surface area contributed by atoms with Gasteiger partial charge in [0, 0.05) is 24.1 Å². The average molecular weight is 436 g/mol. The van der Waals surface area contributed by atoms with Gasteiger partial charge in [0.1, 0.15) is 0 Å². The third kappa shape index (κ3) is 3.05. The monoisotopic (exact) mass is 435 g/mol. The second kappa shape index (κ2) is 7.60. The number of hydrogen-bond acceptors (Lipinski definition) is 4. The molecule has 1 fully saturated rings. The molecule has 0 bridgehead atoms. The molecule has 2 atom stereocenters. The number of hydrazone groups is 1. The Morgan fingerprint density at radius 1 is 0.909 bits per heavy atom. The highest BCUT2D eigenvalue weighted by molar-refractivity contribution is 5.98. The lowest BCUT2D eigenvalue weighted by Crippen LogP contribution is -2.51. The summed E-state index contributed by atoms with van der Waals surface area (Å²) in [6.45, 7) is 6.22. The molecular formula is C29H29N3O. The van der Waals surface area contributed by atoms with Crippen LogP contribution in [0.5, 0.6) is 0 Å². The molecule has 4 heteroatoms. The van der Waals surface area contributed by atoms with Crippen LogP contribution in [-0.4, -0.2) is 24.6 Å². The molecule has 0 aromatic heterocycles. The van der Waals surface area contributed by atoms with Crippen molar-refractivity contribution in [3.8, 4) is 0 Å². The van der Waals surface area contributed by atoms with E-state index in [0.29, 0.717) is 0 Å². The van der Waals surface area contributed by atoms with Crippen LogP contribution < -0.4 is 9.91 Å². The zero-order chi connectivity index (χ0) is 22.5. The van der Waals surface area contributed by atoms with Crippen LogP contribution in [0.25, 0.3) is 0 Å². The van der Waals surface area contributed by atoms with Crippen molar-refractivity contribution in [2.45, 2.75) is 37.5 Å². The van der Waals surface area contributed by atoms with E-state index in [-0.39, 0.29) is 11.5 Å². The number of allylic oxidation sites excluding steroid dienone is 1. The molecule has 166 valence electrons. The highest BCUT2D eigenvalue weighted by atomic mass is 16.5. The fourth-order valence-electron chi connectivity index (χ4n) is 5.73. The van der Waals surface area contributed by atoms with Crippen LogP contribution >= 0.6 is 0 Å². The van der Waals surface area contributed by atoms with E-state index in [0.717, 1.165) is 31.0 Å². The normalized spacial score (nSPS) is 25.4. The molecular weight excluding hydrogens is 406 g/mol. The van der Waals surface area contributed by atoms with E-state index in [2.05, 4.69) is 115 Å². The highest BCUT2D eigenvalue weighted by Crippen LogP contribution is 2.54. The Labute approximate surface area is 195 Å². The molecule has 0 saturated carbocycles. The second-order valence-corrected chi connectivity index (χ2v) is 9.57. The molecule has 2 unspecified atom stereocenters. The Morgan fingerprint density at radius 2 is 1.61 bits per heavy atom. The molecule has 0 amide bonds. The van der Waals surface area contributed by atoms with Gasteiger partial charge in [-0.3, -0.25) is 5.01 Å². The van der Waals surface area contributed by atoms with Crippen molar-refractivity contribution in [3.05, 3.63) is 108 Å². The molecule has 4 nitrogen and oxygen atoms in total. The third-order valence-electron chi connectivity index (χ3n) is 7.44. The minimum absolute atomic E-state index is 0.159. The summed E-state index contributed by atoms with van der Waals surface area (Å²) in [5.74, 6) is 0. The smallest absolute Gasteiger partial charge is 0.170 e. The van der Waals surface area contributed by atoms with E-state index < -0.39 is 5.72 Å². The van der Waals surface area contributed by atoms with Gasteiger partial charge < -0.3 is 9.64 Å². The molecule has 0 aliphatic carbocycles. The molecule has 1 saturated heterocycles. The average Bonchev–Trinajstić information content (AvgIpc) is 3.53. The third-order valence-corrected chi connectivity index (χ3v) is 7.44. The fourth-order valence-corrected chi connectivity index (χ4v) is 5.73. The summed E-state index contributed by atoms with van der Waals surface area (Å²) in [6, 6.07) is 30.0. The van der Waals surface area contributed by atoms with E-state index in [1.165, 1.54) is 16.8 Å². The first-order chi connectivity index (χ1) is 16.1. The minimum Gasteiger partial charge on any atom is -0.349 e. The molecule has 0 radical (unpaired) electrons. The van der Waals surface area contributed by atoms with Gasteiger partial charge in [-0.15, -0.1) is 0 Å². The van der Waals surface area contributed by atoms with Gasteiger partial charge in [0.15, 0.2) is 5.72 Å². The number of anilines is 2. The van der Waals surface area contributed by atoms with Crippen molar-refractivity contribution < 1.29 is 4.74 Å². The number of benzene rings is 3. The van der Waals surface area contributed by atoms with E-state index >= 15 is 0 Å². The fraction of sp³-hybridized carbons (Fsp3) is 0.276. The summed E-state index contributed by atoms with van der Waals surface area (Å²) in [4.78, 5) is 2.43. The van der Waals surface area contributed by atoms with Gasteiger partial charge in [-0.1, -0.05) is 80.6 Å². The van der Waals surface area contributed by atoms with Crippen LogP contribution in [0.1, 0.15) is 37.4 Å². The maximum atomic E-state index is 6.52. The second-order valence-electron chi connectivity index (χ2n) is 9.57. The van der Waals surface area contributed by atoms with E-state index in [1.54, 1.807) is 0 Å². The lowest BCUT2D eigenvalue weighted by molar-refractivity contribution is -0.000230.